The van der Waals surface area contributed by atoms with Crippen molar-refractivity contribution in [2.24, 2.45) is 0 Å². The van der Waals surface area contributed by atoms with Crippen LogP contribution in [0, 0.1) is 0 Å². The van der Waals surface area contributed by atoms with Crippen LogP contribution in [-0.4, -0.2) is 34.5 Å². The third kappa shape index (κ3) is 7.08. The molecule has 1 aromatic rings. The van der Waals surface area contributed by atoms with Crippen molar-refractivity contribution in [1.82, 2.24) is 20.6 Å². The molecule has 0 saturated heterocycles. The molecule has 0 bridgehead atoms. The highest BCUT2D eigenvalue weighted by Gasteiger charge is 2.16. The Labute approximate surface area is 137 Å². The third-order valence-electron chi connectivity index (χ3n) is 3.24. The van der Waals surface area contributed by atoms with Gasteiger partial charge in [0.05, 0.1) is 18.1 Å². The van der Waals surface area contributed by atoms with Crippen LogP contribution in [0.5, 0.6) is 0 Å². The van der Waals surface area contributed by atoms with Crippen LogP contribution < -0.4 is 16.0 Å². The first-order valence-electron chi connectivity index (χ1n) is 7.89. The predicted octanol–water partition coefficient (Wildman–Crippen LogP) is 2.20. The normalized spacial score (nSPS) is 12.4. The minimum atomic E-state index is -0.381. The lowest BCUT2D eigenvalue weighted by atomic mass is 9.96. The molecule has 1 heterocycles. The zero-order chi connectivity index (χ0) is 17.5. The Morgan fingerprint density at radius 2 is 1.83 bits per heavy atom. The Morgan fingerprint density at radius 1 is 1.22 bits per heavy atom. The van der Waals surface area contributed by atoms with Crippen molar-refractivity contribution in [1.29, 1.82) is 0 Å². The topological polar surface area (TPSA) is 96.0 Å². The summed E-state index contributed by atoms with van der Waals surface area (Å²) in [5, 5.41) is 8.11. The van der Waals surface area contributed by atoms with Crippen molar-refractivity contribution < 1.29 is 9.59 Å². The van der Waals surface area contributed by atoms with E-state index in [9.17, 15) is 9.59 Å². The van der Waals surface area contributed by atoms with Crippen molar-refractivity contribution in [3.63, 3.8) is 0 Å². The van der Waals surface area contributed by atoms with Gasteiger partial charge in [-0.05, 0) is 13.3 Å². The standard InChI is InChI=1S/C16H27N5O2/c1-6-11(2)20-13(22)7-8-17-15(23)21-12-9-18-14(19-10-12)16(3,4)5/h9-11H,6-8H2,1-5H3,(H,20,22)(H2,17,21,23). The number of carbonyl (C=O) groups is 2. The maximum absolute atomic E-state index is 11.7. The molecule has 128 valence electrons. The lowest BCUT2D eigenvalue weighted by Gasteiger charge is -2.16. The summed E-state index contributed by atoms with van der Waals surface area (Å²) < 4.78 is 0. The van der Waals surface area contributed by atoms with E-state index in [1.807, 2.05) is 34.6 Å². The van der Waals surface area contributed by atoms with Gasteiger partial charge in [-0.1, -0.05) is 27.7 Å². The second-order valence-electron chi connectivity index (χ2n) is 6.55. The number of nitrogens with one attached hydrogen (secondary N) is 3. The highest BCUT2D eigenvalue weighted by Crippen LogP contribution is 2.17. The summed E-state index contributed by atoms with van der Waals surface area (Å²) in [4.78, 5) is 31.8. The lowest BCUT2D eigenvalue weighted by molar-refractivity contribution is -0.121. The number of aromatic nitrogens is 2. The van der Waals surface area contributed by atoms with Crippen molar-refractivity contribution in [3.05, 3.63) is 18.2 Å². The molecule has 7 nitrogen and oxygen atoms in total. The fraction of sp³-hybridized carbons (Fsp3) is 0.625. The summed E-state index contributed by atoms with van der Waals surface area (Å²) in [6.45, 7) is 10.3. The van der Waals surface area contributed by atoms with Crippen LogP contribution in [0.25, 0.3) is 0 Å². The van der Waals surface area contributed by atoms with Gasteiger partial charge in [-0.15, -0.1) is 0 Å². The van der Waals surface area contributed by atoms with Gasteiger partial charge in [0.25, 0.3) is 0 Å². The maximum atomic E-state index is 11.7. The largest absolute Gasteiger partial charge is 0.354 e. The van der Waals surface area contributed by atoms with Crippen LogP contribution in [-0.2, 0) is 10.2 Å². The monoisotopic (exact) mass is 321 g/mol. The number of rotatable bonds is 6. The van der Waals surface area contributed by atoms with Gasteiger partial charge in [0, 0.05) is 24.4 Å². The molecule has 0 aliphatic heterocycles. The summed E-state index contributed by atoms with van der Waals surface area (Å²) >= 11 is 0. The second-order valence-corrected chi connectivity index (χ2v) is 6.55. The van der Waals surface area contributed by atoms with E-state index in [4.69, 9.17) is 0 Å². The van der Waals surface area contributed by atoms with Crippen molar-refractivity contribution in [3.8, 4) is 0 Å². The van der Waals surface area contributed by atoms with Gasteiger partial charge in [0.2, 0.25) is 5.91 Å². The first kappa shape index (κ1) is 18.9. The molecule has 0 radical (unpaired) electrons. The fourth-order valence-electron chi connectivity index (χ4n) is 1.69. The molecular formula is C16H27N5O2. The number of carbonyl (C=O) groups excluding carboxylic acids is 2. The van der Waals surface area contributed by atoms with Crippen molar-refractivity contribution >= 4 is 17.6 Å². The smallest absolute Gasteiger partial charge is 0.319 e. The van der Waals surface area contributed by atoms with Gasteiger partial charge < -0.3 is 16.0 Å². The molecule has 7 heteroatoms. The average molecular weight is 321 g/mol. The molecule has 1 atom stereocenters. The van der Waals surface area contributed by atoms with Gasteiger partial charge in [0.1, 0.15) is 5.82 Å². The molecular weight excluding hydrogens is 294 g/mol. The maximum Gasteiger partial charge on any atom is 0.319 e. The number of hydrogen-bond donors (Lipinski definition) is 3. The lowest BCUT2D eigenvalue weighted by Crippen LogP contribution is -2.36. The Hall–Kier alpha value is -2.18. The quantitative estimate of drug-likeness (QED) is 0.748. The highest BCUT2D eigenvalue weighted by atomic mass is 16.2. The van der Waals surface area contributed by atoms with Gasteiger partial charge in [-0.2, -0.15) is 0 Å². The zero-order valence-electron chi connectivity index (χ0n) is 14.6. The average Bonchev–Trinajstić information content (AvgIpc) is 2.46. The van der Waals surface area contributed by atoms with Gasteiger partial charge in [-0.25, -0.2) is 14.8 Å². The Kier molecular flexibility index (Phi) is 6.93. The molecule has 1 aromatic heterocycles. The number of hydrogen-bond acceptors (Lipinski definition) is 4. The fourth-order valence-corrected chi connectivity index (χ4v) is 1.69. The first-order valence-corrected chi connectivity index (χ1v) is 7.89. The van der Waals surface area contributed by atoms with E-state index in [-0.39, 0.29) is 36.4 Å². The van der Waals surface area contributed by atoms with Gasteiger partial charge >= 0.3 is 6.03 Å². The van der Waals surface area contributed by atoms with Crippen LogP contribution in [0.1, 0.15) is 53.3 Å². The van der Waals surface area contributed by atoms with Gasteiger partial charge in [0.15, 0.2) is 0 Å². The minimum absolute atomic E-state index is 0.0717. The predicted molar refractivity (Wildman–Crippen MR) is 90.3 cm³/mol. The number of nitrogens with zero attached hydrogens (tertiary/aromatic N) is 2. The van der Waals surface area contributed by atoms with E-state index in [1.54, 1.807) is 12.4 Å². The summed E-state index contributed by atoms with van der Waals surface area (Å²) in [5.74, 6) is 0.641. The number of urea groups is 1. The molecule has 3 amide bonds. The third-order valence-corrected chi connectivity index (χ3v) is 3.24. The summed E-state index contributed by atoms with van der Waals surface area (Å²) in [5.41, 5.74) is 0.378. The molecule has 1 unspecified atom stereocenters. The molecule has 0 saturated carbocycles. The van der Waals surface area contributed by atoms with Crippen LogP contribution >= 0.6 is 0 Å². The SMILES string of the molecule is CCC(C)NC(=O)CCNC(=O)Nc1cnc(C(C)(C)C)nc1. The van der Waals surface area contributed by atoms with Crippen LogP contribution in [0.15, 0.2) is 12.4 Å². The van der Waals surface area contributed by atoms with Crippen molar-refractivity contribution in [2.75, 3.05) is 11.9 Å². The molecule has 0 spiro atoms. The first-order chi connectivity index (χ1) is 10.7. The molecule has 23 heavy (non-hydrogen) atoms. The van der Waals surface area contributed by atoms with E-state index >= 15 is 0 Å². The molecule has 1 rings (SSSR count). The van der Waals surface area contributed by atoms with Crippen LogP contribution in [0.4, 0.5) is 10.5 Å². The van der Waals surface area contributed by atoms with E-state index in [2.05, 4.69) is 25.9 Å². The Morgan fingerprint density at radius 3 is 2.35 bits per heavy atom. The summed E-state index contributed by atoms with van der Waals surface area (Å²) in [6.07, 6.45) is 4.27. The van der Waals surface area contributed by atoms with E-state index in [0.29, 0.717) is 11.5 Å². The second kappa shape index (κ2) is 8.45. The Balaban J connectivity index is 2.35. The molecule has 0 aliphatic carbocycles. The van der Waals surface area contributed by atoms with Crippen LogP contribution in [0.2, 0.25) is 0 Å². The number of anilines is 1. The minimum Gasteiger partial charge on any atom is -0.354 e. The molecule has 0 aromatic carbocycles. The molecule has 0 fully saturated rings. The molecule has 0 aliphatic rings. The Bertz CT molecular complexity index is 522. The van der Waals surface area contributed by atoms with Crippen molar-refractivity contribution in [2.45, 2.75) is 58.9 Å². The van der Waals surface area contributed by atoms with E-state index in [0.717, 1.165) is 6.42 Å². The zero-order valence-corrected chi connectivity index (χ0v) is 14.6. The van der Waals surface area contributed by atoms with E-state index < -0.39 is 0 Å². The summed E-state index contributed by atoms with van der Waals surface area (Å²) in [7, 11) is 0. The molecule has 3 N–H and O–H groups in total. The number of amides is 3. The van der Waals surface area contributed by atoms with Gasteiger partial charge in [-0.3, -0.25) is 4.79 Å². The highest BCUT2D eigenvalue weighted by molar-refractivity contribution is 5.89. The van der Waals surface area contributed by atoms with E-state index in [1.165, 1.54) is 0 Å². The van der Waals surface area contributed by atoms with Crippen LogP contribution in [0.3, 0.4) is 0 Å². The summed E-state index contributed by atoms with van der Waals surface area (Å²) in [6, 6.07) is -0.233.